The van der Waals surface area contributed by atoms with E-state index in [1.54, 1.807) is 25.3 Å². The van der Waals surface area contributed by atoms with Crippen LogP contribution in [0, 0.1) is 0 Å². The van der Waals surface area contributed by atoms with Crippen LogP contribution < -0.4 is 4.74 Å². The van der Waals surface area contributed by atoms with E-state index < -0.39 is 0 Å². The summed E-state index contributed by atoms with van der Waals surface area (Å²) >= 11 is 12.2. The minimum absolute atomic E-state index is 0.409. The zero-order valence-electron chi connectivity index (χ0n) is 14.9. The lowest BCUT2D eigenvalue weighted by Gasteiger charge is -2.20. The molecule has 1 saturated carbocycles. The van der Waals surface area contributed by atoms with E-state index >= 15 is 0 Å². The third-order valence-electron chi connectivity index (χ3n) is 4.57. The Bertz CT molecular complexity index is 923. The normalized spacial score (nSPS) is 13.9. The highest BCUT2D eigenvalue weighted by Gasteiger charge is 2.30. The molecule has 27 heavy (non-hydrogen) atoms. The summed E-state index contributed by atoms with van der Waals surface area (Å²) in [6.45, 7) is 1.43. The second-order valence-electron chi connectivity index (χ2n) is 6.61. The van der Waals surface area contributed by atoms with E-state index in [4.69, 9.17) is 32.4 Å². The van der Waals surface area contributed by atoms with Crippen molar-refractivity contribution in [1.82, 2.24) is 15.1 Å². The molecule has 1 aromatic heterocycles. The van der Waals surface area contributed by atoms with Crippen LogP contribution in [0.5, 0.6) is 5.75 Å². The summed E-state index contributed by atoms with van der Waals surface area (Å²) in [7, 11) is 1.67. The Morgan fingerprint density at radius 2 is 1.85 bits per heavy atom. The van der Waals surface area contributed by atoms with Crippen LogP contribution in [-0.4, -0.2) is 28.2 Å². The minimum atomic E-state index is 0.409. The molecular weight excluding hydrogens is 385 g/mol. The topological polar surface area (TPSA) is 51.4 Å². The fraction of sp³-hybridized carbons (Fsp3) is 0.300. The van der Waals surface area contributed by atoms with Crippen molar-refractivity contribution < 1.29 is 9.15 Å². The standard InChI is InChI=1S/C20H19Cl2N3O2/c1-26-16-7-2-13(3-8-16)11-25(15-5-6-15)12-19-23-24-20(27-19)17-9-4-14(21)10-18(17)22/h2-4,7-10,15H,5-6,11-12H2,1H3. The van der Waals surface area contributed by atoms with Crippen molar-refractivity contribution in [2.45, 2.75) is 32.0 Å². The van der Waals surface area contributed by atoms with Gasteiger partial charge in [-0.1, -0.05) is 35.3 Å². The highest BCUT2D eigenvalue weighted by atomic mass is 35.5. The SMILES string of the molecule is COc1ccc(CN(Cc2nnc(-c3ccc(Cl)cc3Cl)o2)C2CC2)cc1. The largest absolute Gasteiger partial charge is 0.497 e. The summed E-state index contributed by atoms with van der Waals surface area (Å²) in [5, 5.41) is 9.42. The van der Waals surface area contributed by atoms with Gasteiger partial charge < -0.3 is 9.15 Å². The van der Waals surface area contributed by atoms with E-state index in [0.29, 0.717) is 40.0 Å². The Kier molecular flexibility index (Phi) is 5.34. The molecule has 1 fully saturated rings. The molecule has 2 aromatic carbocycles. The van der Waals surface area contributed by atoms with Gasteiger partial charge in [0.25, 0.3) is 0 Å². The molecule has 1 aliphatic carbocycles. The second-order valence-corrected chi connectivity index (χ2v) is 7.45. The number of hydrogen-bond donors (Lipinski definition) is 0. The molecule has 0 amide bonds. The smallest absolute Gasteiger partial charge is 0.249 e. The van der Waals surface area contributed by atoms with Crippen LogP contribution in [0.4, 0.5) is 0 Å². The molecule has 0 radical (unpaired) electrons. The zero-order valence-corrected chi connectivity index (χ0v) is 16.4. The highest BCUT2D eigenvalue weighted by molar-refractivity contribution is 6.36. The molecule has 0 saturated heterocycles. The summed E-state index contributed by atoms with van der Waals surface area (Å²) in [6, 6.07) is 13.9. The summed E-state index contributed by atoms with van der Waals surface area (Å²) in [5.74, 6) is 1.85. The Morgan fingerprint density at radius 1 is 1.07 bits per heavy atom. The van der Waals surface area contributed by atoms with Crippen LogP contribution in [0.1, 0.15) is 24.3 Å². The predicted octanol–water partition coefficient (Wildman–Crippen LogP) is 5.22. The maximum Gasteiger partial charge on any atom is 0.249 e. The summed E-state index contributed by atoms with van der Waals surface area (Å²) in [4.78, 5) is 2.36. The fourth-order valence-electron chi connectivity index (χ4n) is 2.98. The molecule has 0 unspecified atom stereocenters. The molecule has 5 nitrogen and oxygen atoms in total. The van der Waals surface area contributed by atoms with Gasteiger partial charge in [0, 0.05) is 17.6 Å². The second kappa shape index (κ2) is 7.89. The Hall–Kier alpha value is -2.08. The van der Waals surface area contributed by atoms with Gasteiger partial charge in [-0.05, 0) is 48.7 Å². The van der Waals surface area contributed by atoms with Crippen molar-refractivity contribution in [3.63, 3.8) is 0 Å². The summed E-state index contributed by atoms with van der Waals surface area (Å²) in [5.41, 5.74) is 1.91. The predicted molar refractivity (Wildman–Crippen MR) is 105 cm³/mol. The van der Waals surface area contributed by atoms with E-state index in [2.05, 4.69) is 27.2 Å². The monoisotopic (exact) mass is 403 g/mol. The lowest BCUT2D eigenvalue weighted by Crippen LogP contribution is -2.25. The number of nitrogens with zero attached hydrogens (tertiary/aromatic N) is 3. The van der Waals surface area contributed by atoms with Crippen molar-refractivity contribution in [3.05, 3.63) is 64.0 Å². The van der Waals surface area contributed by atoms with Gasteiger partial charge in [0.15, 0.2) is 0 Å². The zero-order chi connectivity index (χ0) is 18.8. The first-order valence-corrected chi connectivity index (χ1v) is 9.53. The average molecular weight is 404 g/mol. The first-order chi connectivity index (χ1) is 13.1. The van der Waals surface area contributed by atoms with Crippen LogP contribution in [0.15, 0.2) is 46.9 Å². The third-order valence-corrected chi connectivity index (χ3v) is 5.12. The molecule has 0 bridgehead atoms. The molecule has 0 spiro atoms. The van der Waals surface area contributed by atoms with Crippen LogP contribution >= 0.6 is 23.2 Å². The lowest BCUT2D eigenvalue weighted by atomic mass is 10.2. The Balaban J connectivity index is 1.48. The van der Waals surface area contributed by atoms with Gasteiger partial charge in [-0.2, -0.15) is 0 Å². The van der Waals surface area contributed by atoms with Gasteiger partial charge in [-0.25, -0.2) is 0 Å². The lowest BCUT2D eigenvalue weighted by molar-refractivity contribution is 0.221. The minimum Gasteiger partial charge on any atom is -0.497 e. The summed E-state index contributed by atoms with van der Waals surface area (Å²) in [6.07, 6.45) is 2.39. The third kappa shape index (κ3) is 4.43. The van der Waals surface area contributed by atoms with Gasteiger partial charge >= 0.3 is 0 Å². The quantitative estimate of drug-likeness (QED) is 0.541. The first-order valence-electron chi connectivity index (χ1n) is 8.77. The van der Waals surface area contributed by atoms with Crippen molar-refractivity contribution in [2.24, 2.45) is 0 Å². The number of hydrogen-bond acceptors (Lipinski definition) is 5. The molecule has 1 heterocycles. The van der Waals surface area contributed by atoms with Crippen LogP contribution in [0.2, 0.25) is 10.0 Å². The molecule has 4 rings (SSSR count). The van der Waals surface area contributed by atoms with Crippen molar-refractivity contribution >= 4 is 23.2 Å². The number of methoxy groups -OCH3 is 1. The number of halogens is 2. The molecule has 1 aliphatic rings. The maximum absolute atomic E-state index is 6.24. The van der Waals surface area contributed by atoms with Crippen molar-refractivity contribution in [1.29, 1.82) is 0 Å². The molecule has 0 aliphatic heterocycles. The number of aromatic nitrogens is 2. The van der Waals surface area contributed by atoms with E-state index in [-0.39, 0.29) is 0 Å². The van der Waals surface area contributed by atoms with Gasteiger partial charge in [0.1, 0.15) is 5.75 Å². The molecule has 140 valence electrons. The van der Waals surface area contributed by atoms with Crippen LogP contribution in [0.3, 0.4) is 0 Å². The highest BCUT2D eigenvalue weighted by Crippen LogP contribution is 2.32. The van der Waals surface area contributed by atoms with Crippen LogP contribution in [0.25, 0.3) is 11.5 Å². The number of ether oxygens (including phenoxy) is 1. The van der Waals surface area contributed by atoms with Crippen molar-refractivity contribution in [2.75, 3.05) is 7.11 Å². The molecule has 0 N–H and O–H groups in total. The fourth-order valence-corrected chi connectivity index (χ4v) is 3.47. The first kappa shape index (κ1) is 18.3. The van der Waals surface area contributed by atoms with E-state index in [0.717, 1.165) is 12.3 Å². The average Bonchev–Trinajstić information content (AvgIpc) is 3.42. The van der Waals surface area contributed by atoms with Gasteiger partial charge in [0.2, 0.25) is 11.8 Å². The van der Waals surface area contributed by atoms with Gasteiger partial charge in [-0.3, -0.25) is 4.90 Å². The van der Waals surface area contributed by atoms with Gasteiger partial charge in [-0.15, -0.1) is 10.2 Å². The Morgan fingerprint density at radius 3 is 2.52 bits per heavy atom. The Labute approximate surface area is 167 Å². The van der Waals surface area contributed by atoms with Crippen molar-refractivity contribution in [3.8, 4) is 17.2 Å². The molecular formula is C20H19Cl2N3O2. The molecule has 3 aromatic rings. The summed E-state index contributed by atoms with van der Waals surface area (Å²) < 4.78 is 11.1. The molecule has 0 atom stereocenters. The van der Waals surface area contributed by atoms with E-state index in [1.165, 1.54) is 18.4 Å². The van der Waals surface area contributed by atoms with E-state index in [1.807, 2.05) is 12.1 Å². The van der Waals surface area contributed by atoms with E-state index in [9.17, 15) is 0 Å². The molecule has 7 heteroatoms. The van der Waals surface area contributed by atoms with Crippen LogP contribution in [-0.2, 0) is 13.1 Å². The number of rotatable bonds is 7. The maximum atomic E-state index is 6.24. The van der Waals surface area contributed by atoms with Gasteiger partial charge in [0.05, 0.1) is 24.2 Å². The number of benzene rings is 2.